The molecule has 0 aromatic heterocycles. The van der Waals surface area contributed by atoms with E-state index in [2.05, 4.69) is 10.6 Å². The second-order valence-corrected chi connectivity index (χ2v) is 8.02. The van der Waals surface area contributed by atoms with Gasteiger partial charge in [0.25, 0.3) is 0 Å². The first-order chi connectivity index (χ1) is 13.3. The molecule has 6 heteroatoms. The number of nitrogens with one attached hydrogen (secondary N) is 2. The van der Waals surface area contributed by atoms with Gasteiger partial charge in [0, 0.05) is 5.69 Å². The van der Waals surface area contributed by atoms with E-state index in [9.17, 15) is 9.59 Å². The van der Waals surface area contributed by atoms with Crippen LogP contribution < -0.4 is 15.4 Å². The predicted octanol–water partition coefficient (Wildman–Crippen LogP) is 4.71. The summed E-state index contributed by atoms with van der Waals surface area (Å²) in [6, 6.07) is 11.4. The number of amides is 2. The molecule has 0 aliphatic carbocycles. The number of carbonyl (C=O) groups excluding carboxylic acids is 2. The molecule has 0 spiro atoms. The molecule has 0 fully saturated rings. The third-order valence-electron chi connectivity index (χ3n) is 4.22. The van der Waals surface area contributed by atoms with Crippen LogP contribution in [0.1, 0.15) is 30.5 Å². The van der Waals surface area contributed by atoms with Gasteiger partial charge in [0.1, 0.15) is 5.75 Å². The number of benzene rings is 2. The number of hydrogen-bond acceptors (Lipinski definition) is 4. The number of aryl methyl sites for hydroxylation is 3. The lowest BCUT2D eigenvalue weighted by Gasteiger charge is -2.16. The molecule has 2 aromatic rings. The van der Waals surface area contributed by atoms with E-state index >= 15 is 0 Å². The first-order valence-corrected chi connectivity index (χ1v) is 10.4. The van der Waals surface area contributed by atoms with Crippen LogP contribution in [0.25, 0.3) is 0 Å². The minimum absolute atomic E-state index is 0.109. The average molecular weight is 401 g/mol. The largest absolute Gasteiger partial charge is 0.492 e. The van der Waals surface area contributed by atoms with Crippen molar-refractivity contribution in [2.24, 2.45) is 0 Å². The van der Waals surface area contributed by atoms with Gasteiger partial charge in [-0.05, 0) is 57.9 Å². The standard InChI is InChI=1S/C22H28N2O3S/c1-6-27-19-10-8-7-9-18(19)23-20(25)13-28-17(5)22(26)24-21-15(3)11-14(2)12-16(21)4/h7-12,17H,6,13H2,1-5H3,(H,23,25)(H,24,26)/t17-/m0/s1. The summed E-state index contributed by atoms with van der Waals surface area (Å²) in [5, 5.41) is 5.49. The van der Waals surface area contributed by atoms with E-state index in [4.69, 9.17) is 4.74 Å². The highest BCUT2D eigenvalue weighted by Crippen LogP contribution is 2.25. The predicted molar refractivity (Wildman–Crippen MR) is 117 cm³/mol. The van der Waals surface area contributed by atoms with Gasteiger partial charge in [-0.15, -0.1) is 11.8 Å². The zero-order chi connectivity index (χ0) is 20.7. The SMILES string of the molecule is CCOc1ccccc1NC(=O)CS[C@@H](C)C(=O)Nc1c(C)cc(C)cc1C. The molecule has 0 heterocycles. The summed E-state index contributed by atoms with van der Waals surface area (Å²) < 4.78 is 5.51. The van der Waals surface area contributed by atoms with Crippen LogP contribution >= 0.6 is 11.8 Å². The van der Waals surface area contributed by atoms with E-state index < -0.39 is 0 Å². The number of rotatable bonds is 8. The molecule has 2 rings (SSSR count). The van der Waals surface area contributed by atoms with Crippen molar-refractivity contribution in [1.82, 2.24) is 0 Å². The van der Waals surface area contributed by atoms with E-state index in [1.54, 1.807) is 13.0 Å². The zero-order valence-electron chi connectivity index (χ0n) is 17.1. The number of para-hydroxylation sites is 2. The van der Waals surface area contributed by atoms with Gasteiger partial charge in [0.2, 0.25) is 11.8 Å². The Morgan fingerprint density at radius 3 is 2.36 bits per heavy atom. The van der Waals surface area contributed by atoms with Crippen molar-refractivity contribution >= 4 is 35.0 Å². The van der Waals surface area contributed by atoms with E-state index in [1.807, 2.05) is 58.0 Å². The summed E-state index contributed by atoms with van der Waals surface area (Å²) in [5.41, 5.74) is 4.72. The van der Waals surface area contributed by atoms with Crippen molar-refractivity contribution in [2.45, 2.75) is 39.9 Å². The van der Waals surface area contributed by atoms with Crippen LogP contribution in [-0.2, 0) is 9.59 Å². The van der Waals surface area contributed by atoms with Gasteiger partial charge in [-0.2, -0.15) is 0 Å². The summed E-state index contributed by atoms with van der Waals surface area (Å²) >= 11 is 1.30. The van der Waals surface area contributed by atoms with Crippen molar-refractivity contribution in [3.05, 3.63) is 53.1 Å². The molecule has 150 valence electrons. The highest BCUT2D eigenvalue weighted by Gasteiger charge is 2.18. The van der Waals surface area contributed by atoms with E-state index in [1.165, 1.54) is 17.3 Å². The van der Waals surface area contributed by atoms with Crippen LogP contribution in [0, 0.1) is 20.8 Å². The fraction of sp³-hybridized carbons (Fsp3) is 0.364. The van der Waals surface area contributed by atoms with Crippen LogP contribution in [-0.4, -0.2) is 29.4 Å². The molecule has 0 radical (unpaired) electrons. The van der Waals surface area contributed by atoms with Gasteiger partial charge < -0.3 is 15.4 Å². The Morgan fingerprint density at radius 2 is 1.71 bits per heavy atom. The highest BCUT2D eigenvalue weighted by atomic mass is 32.2. The highest BCUT2D eigenvalue weighted by molar-refractivity contribution is 8.01. The van der Waals surface area contributed by atoms with Crippen molar-refractivity contribution in [2.75, 3.05) is 23.0 Å². The van der Waals surface area contributed by atoms with Crippen LogP contribution in [0.5, 0.6) is 5.75 Å². The molecule has 0 saturated heterocycles. The molecule has 0 saturated carbocycles. The van der Waals surface area contributed by atoms with E-state index in [-0.39, 0.29) is 22.8 Å². The molecule has 0 unspecified atom stereocenters. The summed E-state index contributed by atoms with van der Waals surface area (Å²) in [4.78, 5) is 24.8. The van der Waals surface area contributed by atoms with Crippen LogP contribution in [0.3, 0.4) is 0 Å². The lowest BCUT2D eigenvalue weighted by atomic mass is 10.1. The maximum Gasteiger partial charge on any atom is 0.237 e. The third-order valence-corrected chi connectivity index (χ3v) is 5.36. The molecule has 5 nitrogen and oxygen atoms in total. The molecule has 2 N–H and O–H groups in total. The van der Waals surface area contributed by atoms with Crippen LogP contribution in [0.4, 0.5) is 11.4 Å². The Bertz CT molecular complexity index is 828. The van der Waals surface area contributed by atoms with Gasteiger partial charge in [0.15, 0.2) is 0 Å². The number of thioether (sulfide) groups is 1. The number of ether oxygens (including phenoxy) is 1. The minimum Gasteiger partial charge on any atom is -0.492 e. The second kappa shape index (κ2) is 10.2. The average Bonchev–Trinajstić information content (AvgIpc) is 2.64. The Balaban J connectivity index is 1.90. The zero-order valence-corrected chi connectivity index (χ0v) is 17.9. The normalized spacial score (nSPS) is 11.6. The Labute approximate surface area is 171 Å². The lowest BCUT2D eigenvalue weighted by Crippen LogP contribution is -2.25. The van der Waals surface area contributed by atoms with Crippen molar-refractivity contribution in [3.8, 4) is 5.75 Å². The summed E-state index contributed by atoms with van der Waals surface area (Å²) in [7, 11) is 0. The Kier molecular flexibility index (Phi) is 7.93. The Hall–Kier alpha value is -2.47. The molecule has 2 aromatic carbocycles. The van der Waals surface area contributed by atoms with E-state index in [0.717, 1.165) is 16.8 Å². The molecule has 1 atom stereocenters. The fourth-order valence-corrected chi connectivity index (χ4v) is 3.60. The molecule has 0 aliphatic rings. The van der Waals surface area contributed by atoms with Gasteiger partial charge >= 0.3 is 0 Å². The molecule has 0 aliphatic heterocycles. The van der Waals surface area contributed by atoms with Gasteiger partial charge in [-0.1, -0.05) is 29.8 Å². The molecule has 28 heavy (non-hydrogen) atoms. The first kappa shape index (κ1) is 21.8. The van der Waals surface area contributed by atoms with Crippen LogP contribution in [0.2, 0.25) is 0 Å². The first-order valence-electron chi connectivity index (χ1n) is 9.33. The Morgan fingerprint density at radius 1 is 1.07 bits per heavy atom. The summed E-state index contributed by atoms with van der Waals surface area (Å²) in [6.07, 6.45) is 0. The van der Waals surface area contributed by atoms with E-state index in [0.29, 0.717) is 18.0 Å². The van der Waals surface area contributed by atoms with Crippen molar-refractivity contribution < 1.29 is 14.3 Å². The number of carbonyl (C=O) groups is 2. The van der Waals surface area contributed by atoms with Gasteiger partial charge in [-0.3, -0.25) is 9.59 Å². The maximum absolute atomic E-state index is 12.5. The third kappa shape index (κ3) is 6.02. The molecular weight excluding hydrogens is 372 g/mol. The molecule has 2 amide bonds. The second-order valence-electron chi connectivity index (χ2n) is 6.69. The lowest BCUT2D eigenvalue weighted by molar-refractivity contribution is -0.115. The maximum atomic E-state index is 12.5. The monoisotopic (exact) mass is 400 g/mol. The fourth-order valence-electron chi connectivity index (χ4n) is 2.92. The molecule has 0 bridgehead atoms. The number of hydrogen-bond donors (Lipinski definition) is 2. The van der Waals surface area contributed by atoms with Crippen LogP contribution in [0.15, 0.2) is 36.4 Å². The van der Waals surface area contributed by atoms with Gasteiger partial charge in [0.05, 0.1) is 23.3 Å². The summed E-state index contributed by atoms with van der Waals surface area (Å²) in [6.45, 7) is 10.2. The molecular formula is C22H28N2O3S. The number of anilines is 2. The van der Waals surface area contributed by atoms with Gasteiger partial charge in [-0.25, -0.2) is 0 Å². The van der Waals surface area contributed by atoms with Crippen molar-refractivity contribution in [3.63, 3.8) is 0 Å². The van der Waals surface area contributed by atoms with Crippen molar-refractivity contribution in [1.29, 1.82) is 0 Å². The smallest absolute Gasteiger partial charge is 0.237 e. The summed E-state index contributed by atoms with van der Waals surface area (Å²) in [5.74, 6) is 0.544. The minimum atomic E-state index is -0.354. The quantitative estimate of drug-likeness (QED) is 0.673. The topological polar surface area (TPSA) is 67.4 Å².